The van der Waals surface area contributed by atoms with Crippen molar-refractivity contribution < 1.29 is 36.0 Å². The Morgan fingerprint density at radius 1 is 0.464 bits per heavy atom. The third kappa shape index (κ3) is 15.7. The molecule has 0 spiro atoms. The molecular weight excluding hydrogens is 1870 g/mol. The molecule has 110 heavy (non-hydrogen) atoms. The lowest BCUT2D eigenvalue weighted by atomic mass is 9.72. The molecule has 0 bridgehead atoms. The standard InChI is InChI=1S/C37H43BrN4O4SSi.C20H18BrN3O4S.C17H26BrNSi.2CH4.S11/c1-23(2)48(24(3)4,25(5)6)40-21-30(28-19-26(38)17-18-31(28)40)37-20-33-35(44)39(7)22-34(43)41(33)36(37)42(32-16-12-11-15-29(32)37)47(45,46)27-13-9-8-10-14-27;1-22-12-17(25)23-16(18(22)26)11-20(21)14-9-5-6-10-15(14)24(19(20)23)29(27,28)13-7-3-2-4-8-13;1-12(2)20(13(3)4,14(5)6)19-10-9-15-11-16(18)7-8-17(15)19;;;1-3-5-7-9-11-10-8-6-4-2/h8-19,21,23-25,33,36H,20,22H2,1-7H3;2-10,16,19H,11-12H2,1H3;7-14H,1-6H3;2*1H4;/t33-,36-,37+;16-,19-,20-;;;;/m00..../s1. The summed E-state index contributed by atoms with van der Waals surface area (Å²) < 4.78 is 66.3. The van der Waals surface area contributed by atoms with E-state index in [-0.39, 0.29) is 67.8 Å². The van der Waals surface area contributed by atoms with Gasteiger partial charge in [0, 0.05) is 154 Å². The number of likely N-dealkylation sites (N-methyl/N-ethyl adjacent to an activating group) is 2. The number of carbonyl (C=O) groups is 4. The van der Waals surface area contributed by atoms with Crippen LogP contribution in [0.25, 0.3) is 21.8 Å². The second kappa shape index (κ2) is 36.3. The Kier molecular flexibility index (Phi) is 29.7. The van der Waals surface area contributed by atoms with Crippen LogP contribution in [0.5, 0.6) is 0 Å². The summed E-state index contributed by atoms with van der Waals surface area (Å²) in [6.07, 6.45) is 3.40. The molecule has 0 radical (unpaired) electrons. The Hall–Kier alpha value is -3.93. The van der Waals surface area contributed by atoms with E-state index < -0.39 is 70.7 Å². The first kappa shape index (κ1) is 90.0. The Morgan fingerprint density at radius 2 is 0.855 bits per heavy atom. The molecule has 0 unspecified atom stereocenters. The molecule has 14 rings (SSSR count). The van der Waals surface area contributed by atoms with Crippen LogP contribution >= 0.6 is 47.8 Å². The van der Waals surface area contributed by atoms with Crippen molar-refractivity contribution in [1.29, 1.82) is 0 Å². The molecule has 0 aliphatic carbocycles. The quantitative estimate of drug-likeness (QED) is 0.0801. The SMILES string of the molecule is C.C.CC(C)[Si](C(C)C)(C(C)C)n1cc([C@]23C[C@H]4C(=O)N(C)CC(=O)N4[C@H]2N(S(=O)(=O)c2ccccc2)c2ccccc23)c2cc(Br)ccc21.CC(C)[Si](C(C)C)(C(C)C)n1ccc2cc(Br)ccc21.CN1CC(=O)N2[C@@H](C[C@]3(Br)c4ccccc4N(S(=O)(=O)c4ccccc4)[C@H]23)C1=O.S=S=S=S=S=S=S=S=S=S=S. The van der Waals surface area contributed by atoms with E-state index in [2.05, 4.69) is 217 Å². The summed E-state index contributed by atoms with van der Waals surface area (Å²) in [5.74, 6) is -0.856. The number of sulfonamides is 2. The van der Waals surface area contributed by atoms with Gasteiger partial charge in [0.05, 0.1) is 44.0 Å². The zero-order valence-corrected chi connectivity index (χ0v) is 79.3. The van der Waals surface area contributed by atoms with Crippen LogP contribution < -0.4 is 8.61 Å². The minimum Gasteiger partial charge on any atom is -0.373 e. The number of hydrogen-bond donors (Lipinski definition) is 0. The molecule has 6 aliphatic rings. The molecule has 34 heteroatoms. The van der Waals surface area contributed by atoms with E-state index in [9.17, 15) is 36.0 Å². The van der Waals surface area contributed by atoms with Gasteiger partial charge in [-0.05, 0) is 147 Å². The third-order valence-electron chi connectivity index (χ3n) is 22.5. The number of para-hydroxylation sites is 2. The number of hydrogen-bond acceptors (Lipinski definition) is 10. The summed E-state index contributed by atoms with van der Waals surface area (Å²) in [7, 11) is 5.64. The Labute approximate surface area is 712 Å². The number of aromatic nitrogens is 2. The van der Waals surface area contributed by atoms with Crippen molar-refractivity contribution in [2.24, 2.45) is 0 Å². The summed E-state index contributed by atoms with van der Waals surface area (Å²) in [6.45, 7) is 28.3. The molecule has 8 heterocycles. The van der Waals surface area contributed by atoms with Gasteiger partial charge in [-0.15, -0.1) is 0 Å². The van der Waals surface area contributed by atoms with Crippen LogP contribution in [0.1, 0.15) is 127 Å². The smallest absolute Gasteiger partial charge is 0.266 e. The van der Waals surface area contributed by atoms with Crippen molar-refractivity contribution in [3.63, 3.8) is 0 Å². The second-order valence-electron chi connectivity index (χ2n) is 29.6. The van der Waals surface area contributed by atoms with E-state index in [0.29, 0.717) is 34.4 Å². The van der Waals surface area contributed by atoms with Crippen LogP contribution in [0.4, 0.5) is 11.4 Å². The van der Waals surface area contributed by atoms with Gasteiger partial charge < -0.3 is 28.1 Å². The molecule has 2 aromatic heterocycles. The molecule has 0 saturated carbocycles. The molecule has 594 valence electrons. The first-order valence-corrected chi connectivity index (χ1v) is 58.2. The number of piperazine rings is 2. The fraction of sp³-hybridized carbons (Fsp3) is 0.421. The third-order valence-corrected chi connectivity index (χ3v) is 59.5. The number of halogens is 3. The Morgan fingerprint density at radius 3 is 1.33 bits per heavy atom. The van der Waals surface area contributed by atoms with Crippen molar-refractivity contribution in [3.8, 4) is 0 Å². The van der Waals surface area contributed by atoms with Gasteiger partial charge in [0.1, 0.15) is 24.4 Å². The van der Waals surface area contributed by atoms with Crippen LogP contribution in [0.3, 0.4) is 0 Å². The minimum atomic E-state index is -4.17. The van der Waals surface area contributed by atoms with Crippen molar-refractivity contribution in [1.82, 2.24) is 28.1 Å². The maximum atomic E-state index is 14.9. The number of alkyl halides is 1. The van der Waals surface area contributed by atoms with Gasteiger partial charge in [-0.25, -0.2) is 25.4 Å². The summed E-state index contributed by atoms with van der Waals surface area (Å²) >= 11 is 20.5. The predicted molar refractivity (Wildman–Crippen MR) is 496 cm³/mol. The Balaban J connectivity index is 0.000000190. The number of rotatable bonds is 13. The van der Waals surface area contributed by atoms with E-state index in [1.54, 1.807) is 142 Å². The Bertz CT molecular complexity index is 5450. The number of nitrogens with zero attached hydrogens (tertiary/aromatic N) is 8. The maximum absolute atomic E-state index is 14.9. The second-order valence-corrected chi connectivity index (χ2v) is 63.8. The lowest BCUT2D eigenvalue weighted by Crippen LogP contribution is -2.62. The highest BCUT2D eigenvalue weighted by atomic mass is 79.9. The van der Waals surface area contributed by atoms with Gasteiger partial charge in [-0.3, -0.25) is 19.2 Å². The van der Waals surface area contributed by atoms with Crippen molar-refractivity contribution >= 4 is 243 Å². The van der Waals surface area contributed by atoms with Crippen molar-refractivity contribution in [2.75, 3.05) is 35.8 Å². The van der Waals surface area contributed by atoms with Crippen LogP contribution in [-0.2, 0) is 151 Å². The molecule has 8 aromatic rings. The number of amides is 4. The summed E-state index contributed by atoms with van der Waals surface area (Å²) in [5.41, 5.74) is 8.45. The lowest BCUT2D eigenvalue weighted by Gasteiger charge is -2.44. The molecule has 4 amide bonds. The van der Waals surface area contributed by atoms with Gasteiger partial charge in [0.15, 0.2) is 16.5 Å². The largest absolute Gasteiger partial charge is 0.373 e. The maximum Gasteiger partial charge on any atom is 0.266 e. The van der Waals surface area contributed by atoms with E-state index in [0.717, 1.165) is 53.2 Å². The van der Waals surface area contributed by atoms with E-state index in [4.69, 9.17) is 0 Å². The molecule has 16 nitrogen and oxygen atoms in total. The van der Waals surface area contributed by atoms with Crippen LogP contribution in [0.15, 0.2) is 183 Å². The van der Waals surface area contributed by atoms with Gasteiger partial charge in [0.25, 0.3) is 20.0 Å². The summed E-state index contributed by atoms with van der Waals surface area (Å²) in [5, 5.41) is 2.35. The molecule has 6 aliphatic heterocycles. The van der Waals surface area contributed by atoms with Crippen LogP contribution in [-0.4, -0.2) is 137 Å². The monoisotopic (exact) mass is 1960 g/mol. The van der Waals surface area contributed by atoms with E-state index >= 15 is 0 Å². The van der Waals surface area contributed by atoms with Gasteiger partial charge in [0.2, 0.25) is 23.6 Å². The molecule has 4 saturated heterocycles. The number of fused-ring (bicyclic) bond motifs is 12. The predicted octanol–water partition coefficient (Wildman–Crippen LogP) is 16.9. The van der Waals surface area contributed by atoms with Crippen LogP contribution in [0.2, 0.25) is 33.2 Å². The van der Waals surface area contributed by atoms with Gasteiger partial charge >= 0.3 is 0 Å². The average Bonchev–Trinajstić information content (AvgIpc) is 1.50. The normalized spacial score (nSPS) is 20.5. The number of benzene rings is 6. The highest BCUT2D eigenvalue weighted by molar-refractivity contribution is 9.11. The summed E-state index contributed by atoms with van der Waals surface area (Å²) in [4.78, 5) is 60.2. The van der Waals surface area contributed by atoms with Gasteiger partial charge in [-0.2, -0.15) is 0 Å². The minimum absolute atomic E-state index is 0. The fourth-order valence-electron chi connectivity index (χ4n) is 18.9. The molecule has 4 fully saturated rings. The summed E-state index contributed by atoms with van der Waals surface area (Å²) in [6, 6.07) is 45.2. The first-order valence-electron chi connectivity index (χ1n) is 35.2. The van der Waals surface area contributed by atoms with Gasteiger partial charge in [-0.1, -0.05) is 219 Å². The highest BCUT2D eigenvalue weighted by Crippen LogP contribution is 2.63. The highest BCUT2D eigenvalue weighted by Gasteiger charge is 2.70. The molecule has 0 N–H and O–H groups in total. The molecule has 6 atom stereocenters. The van der Waals surface area contributed by atoms with E-state index in [1.807, 2.05) is 36.4 Å². The van der Waals surface area contributed by atoms with E-state index in [1.165, 1.54) is 64.1 Å². The van der Waals surface area contributed by atoms with Crippen molar-refractivity contribution in [2.45, 2.75) is 188 Å². The first-order chi connectivity index (χ1) is 51.2. The van der Waals surface area contributed by atoms with Crippen molar-refractivity contribution in [3.05, 3.63) is 190 Å². The average molecular weight is 1960 g/mol. The van der Waals surface area contributed by atoms with Crippen LogP contribution in [0, 0.1) is 0 Å². The fourth-order valence-corrected chi connectivity index (χ4v) is 56.7. The molecule has 6 aromatic carbocycles. The zero-order chi connectivity index (χ0) is 78.5. The topological polar surface area (TPSA) is 166 Å². The lowest BCUT2D eigenvalue weighted by molar-refractivity contribution is -0.153. The zero-order valence-electron chi connectivity index (χ0n) is 62.0. The molecular formula is C76H95Br3N8O8S13Si2. The number of anilines is 2. The number of carbonyl (C=O) groups excluding carboxylic acids is 4.